The van der Waals surface area contributed by atoms with Crippen molar-refractivity contribution in [2.24, 2.45) is 5.41 Å². The van der Waals surface area contributed by atoms with Crippen LogP contribution < -0.4 is 4.74 Å². The van der Waals surface area contributed by atoms with Gasteiger partial charge in [0.2, 0.25) is 5.91 Å². The van der Waals surface area contributed by atoms with Gasteiger partial charge in [0, 0.05) is 52.4 Å². The number of nitrogens with zero attached hydrogens (tertiary/aromatic N) is 3. The Labute approximate surface area is 162 Å². The topological polar surface area (TPSA) is 45.3 Å². The maximum atomic E-state index is 13.5. The van der Waals surface area contributed by atoms with Crippen molar-refractivity contribution < 1.29 is 14.3 Å². The van der Waals surface area contributed by atoms with E-state index in [0.29, 0.717) is 12.5 Å². The van der Waals surface area contributed by atoms with E-state index in [4.69, 9.17) is 9.47 Å². The maximum Gasteiger partial charge on any atom is 0.232 e. The molecule has 0 unspecified atom stereocenters. The van der Waals surface area contributed by atoms with Crippen LogP contribution in [0.4, 0.5) is 0 Å². The molecule has 3 aliphatic heterocycles. The van der Waals surface area contributed by atoms with Crippen molar-refractivity contribution in [1.29, 1.82) is 0 Å². The molecule has 0 aliphatic carbocycles. The first-order chi connectivity index (χ1) is 13.1. The lowest BCUT2D eigenvalue weighted by molar-refractivity contribution is -0.152. The van der Waals surface area contributed by atoms with Crippen molar-refractivity contribution >= 4 is 5.91 Å². The van der Waals surface area contributed by atoms with Crippen LogP contribution in [0.1, 0.15) is 18.4 Å². The predicted molar refractivity (Wildman–Crippen MR) is 104 cm³/mol. The van der Waals surface area contributed by atoms with Crippen LogP contribution >= 0.6 is 0 Å². The van der Waals surface area contributed by atoms with Gasteiger partial charge in [-0.2, -0.15) is 0 Å². The molecule has 1 aromatic carbocycles. The molecule has 6 heteroatoms. The molecule has 27 heavy (non-hydrogen) atoms. The van der Waals surface area contributed by atoms with E-state index in [-0.39, 0.29) is 11.5 Å². The average molecular weight is 373 g/mol. The number of likely N-dealkylation sites (tertiary alicyclic amines) is 1. The third kappa shape index (κ3) is 3.71. The van der Waals surface area contributed by atoms with Crippen molar-refractivity contribution in [3.05, 3.63) is 29.8 Å². The van der Waals surface area contributed by atoms with Gasteiger partial charge in [0.25, 0.3) is 0 Å². The molecule has 3 fully saturated rings. The first-order valence-electron chi connectivity index (χ1n) is 10.1. The number of ether oxygens (including phenoxy) is 2. The third-order valence-electron chi connectivity index (χ3n) is 6.45. The zero-order valence-electron chi connectivity index (χ0n) is 16.5. The van der Waals surface area contributed by atoms with Crippen LogP contribution in [-0.4, -0.2) is 86.7 Å². The second-order valence-electron chi connectivity index (χ2n) is 8.21. The van der Waals surface area contributed by atoms with Gasteiger partial charge in [-0.05, 0) is 37.6 Å². The Hall–Kier alpha value is -1.63. The van der Waals surface area contributed by atoms with Gasteiger partial charge in [0.15, 0.2) is 0 Å². The highest BCUT2D eigenvalue weighted by molar-refractivity contribution is 5.84. The monoisotopic (exact) mass is 373 g/mol. The summed E-state index contributed by atoms with van der Waals surface area (Å²) in [7, 11) is 3.82. The predicted octanol–water partition coefficient (Wildman–Crippen LogP) is 1.45. The Morgan fingerprint density at radius 2 is 2.07 bits per heavy atom. The Kier molecular flexibility index (Phi) is 5.39. The molecule has 3 heterocycles. The minimum Gasteiger partial charge on any atom is -0.497 e. The zero-order valence-corrected chi connectivity index (χ0v) is 16.5. The van der Waals surface area contributed by atoms with E-state index in [1.165, 1.54) is 5.56 Å². The molecule has 6 nitrogen and oxygen atoms in total. The van der Waals surface area contributed by atoms with Crippen LogP contribution in [0.25, 0.3) is 0 Å². The smallest absolute Gasteiger partial charge is 0.232 e. The largest absolute Gasteiger partial charge is 0.497 e. The van der Waals surface area contributed by atoms with Crippen LogP contribution in [-0.2, 0) is 16.1 Å². The van der Waals surface area contributed by atoms with E-state index < -0.39 is 0 Å². The minimum absolute atomic E-state index is 0.0752. The number of methoxy groups -OCH3 is 1. The second kappa shape index (κ2) is 7.78. The lowest BCUT2D eigenvalue weighted by Crippen LogP contribution is -2.60. The summed E-state index contributed by atoms with van der Waals surface area (Å²) in [5, 5.41) is 0. The second-order valence-corrected chi connectivity index (χ2v) is 8.21. The molecular formula is C21H31N3O3. The first kappa shape index (κ1) is 18.7. The Balaban J connectivity index is 1.49. The summed E-state index contributed by atoms with van der Waals surface area (Å²) < 4.78 is 11.4. The van der Waals surface area contributed by atoms with Crippen molar-refractivity contribution in [1.82, 2.24) is 14.7 Å². The number of rotatable bonds is 4. The van der Waals surface area contributed by atoms with Crippen LogP contribution in [0, 0.1) is 5.41 Å². The highest BCUT2D eigenvalue weighted by atomic mass is 16.5. The van der Waals surface area contributed by atoms with Crippen LogP contribution in [0.5, 0.6) is 5.75 Å². The number of amides is 1. The molecule has 0 N–H and O–H groups in total. The van der Waals surface area contributed by atoms with Gasteiger partial charge in [0.1, 0.15) is 5.75 Å². The number of likely N-dealkylation sites (N-methyl/N-ethyl adjacent to an activating group) is 1. The number of fused-ring (bicyclic) bond motifs is 1. The first-order valence-corrected chi connectivity index (χ1v) is 10.1. The number of benzene rings is 1. The van der Waals surface area contributed by atoms with Crippen molar-refractivity contribution in [2.75, 3.05) is 60.0 Å². The number of hydrogen-bond donors (Lipinski definition) is 0. The fourth-order valence-corrected chi connectivity index (χ4v) is 4.82. The van der Waals surface area contributed by atoms with Gasteiger partial charge in [-0.25, -0.2) is 0 Å². The summed E-state index contributed by atoms with van der Waals surface area (Å²) in [5.74, 6) is 1.20. The van der Waals surface area contributed by atoms with E-state index in [0.717, 1.165) is 64.4 Å². The molecule has 2 atom stereocenters. The molecule has 0 radical (unpaired) electrons. The van der Waals surface area contributed by atoms with E-state index in [2.05, 4.69) is 33.9 Å². The summed E-state index contributed by atoms with van der Waals surface area (Å²) in [6.45, 7) is 6.90. The number of carbonyl (C=O) groups is 1. The van der Waals surface area contributed by atoms with Gasteiger partial charge >= 0.3 is 0 Å². The van der Waals surface area contributed by atoms with Crippen LogP contribution in [0.15, 0.2) is 24.3 Å². The van der Waals surface area contributed by atoms with E-state index >= 15 is 0 Å². The average Bonchev–Trinajstić information content (AvgIpc) is 3.12. The fraction of sp³-hybridized carbons (Fsp3) is 0.667. The van der Waals surface area contributed by atoms with Crippen molar-refractivity contribution in [2.45, 2.75) is 25.5 Å². The number of piperazine rings is 1. The summed E-state index contributed by atoms with van der Waals surface area (Å²) in [6.07, 6.45) is 1.85. The molecule has 148 valence electrons. The SMILES string of the molecule is COc1cccc(CN2CC[C@H]3OCC[C@@]3(C(=O)N3CCN(C)CC3)C2)c1. The van der Waals surface area contributed by atoms with Gasteiger partial charge in [0.05, 0.1) is 18.6 Å². The van der Waals surface area contributed by atoms with Crippen LogP contribution in [0.2, 0.25) is 0 Å². The lowest BCUT2D eigenvalue weighted by atomic mass is 9.75. The highest BCUT2D eigenvalue weighted by Crippen LogP contribution is 2.43. The van der Waals surface area contributed by atoms with E-state index in [9.17, 15) is 4.79 Å². The molecule has 3 aliphatic rings. The molecule has 1 amide bonds. The molecule has 0 spiro atoms. The summed E-state index contributed by atoms with van der Waals surface area (Å²) in [5.41, 5.74) is 0.862. The molecule has 0 aromatic heterocycles. The number of piperidine rings is 1. The van der Waals surface area contributed by atoms with E-state index in [1.807, 2.05) is 12.1 Å². The molecule has 0 bridgehead atoms. The summed E-state index contributed by atoms with van der Waals surface area (Å²) in [4.78, 5) is 20.3. The molecular weight excluding hydrogens is 342 g/mol. The molecule has 1 aromatic rings. The fourth-order valence-electron chi connectivity index (χ4n) is 4.82. The third-order valence-corrected chi connectivity index (χ3v) is 6.45. The number of hydrogen-bond acceptors (Lipinski definition) is 5. The number of carbonyl (C=O) groups excluding carboxylic acids is 1. The summed E-state index contributed by atoms with van der Waals surface area (Å²) in [6, 6.07) is 8.23. The zero-order chi connectivity index (χ0) is 18.9. The minimum atomic E-state index is -0.368. The molecule has 0 saturated carbocycles. The molecule has 3 saturated heterocycles. The van der Waals surface area contributed by atoms with Crippen molar-refractivity contribution in [3.8, 4) is 5.75 Å². The Bertz CT molecular complexity index is 674. The van der Waals surface area contributed by atoms with E-state index in [1.54, 1.807) is 7.11 Å². The summed E-state index contributed by atoms with van der Waals surface area (Å²) >= 11 is 0. The Morgan fingerprint density at radius 1 is 1.26 bits per heavy atom. The Morgan fingerprint density at radius 3 is 2.85 bits per heavy atom. The van der Waals surface area contributed by atoms with Gasteiger partial charge < -0.3 is 19.3 Å². The standard InChI is InChI=1S/C21H31N3O3/c1-22-9-11-24(12-10-22)20(25)21-7-13-27-19(21)6-8-23(16-21)15-17-4-3-5-18(14-17)26-2/h3-5,14,19H,6-13,15-16H2,1-2H3/t19-,21-/m1/s1. The maximum absolute atomic E-state index is 13.5. The van der Waals surface area contributed by atoms with Gasteiger partial charge in [-0.15, -0.1) is 0 Å². The molecule has 4 rings (SSSR count). The van der Waals surface area contributed by atoms with Gasteiger partial charge in [-0.3, -0.25) is 9.69 Å². The van der Waals surface area contributed by atoms with Crippen LogP contribution in [0.3, 0.4) is 0 Å². The lowest BCUT2D eigenvalue weighted by Gasteiger charge is -2.46. The normalized spacial score (nSPS) is 29.6. The quantitative estimate of drug-likeness (QED) is 0.799. The van der Waals surface area contributed by atoms with Gasteiger partial charge in [-0.1, -0.05) is 12.1 Å². The highest BCUT2D eigenvalue weighted by Gasteiger charge is 2.54. The van der Waals surface area contributed by atoms with Crippen molar-refractivity contribution in [3.63, 3.8) is 0 Å².